The Labute approximate surface area is 145 Å². The zero-order chi connectivity index (χ0) is 17.4. The summed E-state index contributed by atoms with van der Waals surface area (Å²) in [5.41, 5.74) is 2.91. The molecule has 1 amide bonds. The third kappa shape index (κ3) is 2.88. The van der Waals surface area contributed by atoms with Crippen LogP contribution in [-0.2, 0) is 0 Å². The van der Waals surface area contributed by atoms with Crippen molar-refractivity contribution in [1.29, 1.82) is 0 Å². The van der Waals surface area contributed by atoms with Gasteiger partial charge in [0, 0.05) is 31.3 Å². The summed E-state index contributed by atoms with van der Waals surface area (Å²) >= 11 is 0. The third-order valence-electron chi connectivity index (χ3n) is 4.74. The molecular weight excluding hydrogens is 319 g/mol. The number of carbonyl (C=O) groups is 1. The van der Waals surface area contributed by atoms with Crippen LogP contribution in [0.15, 0.2) is 42.6 Å². The van der Waals surface area contributed by atoms with Gasteiger partial charge in [-0.1, -0.05) is 12.1 Å². The molecule has 3 heterocycles. The van der Waals surface area contributed by atoms with E-state index in [0.29, 0.717) is 13.1 Å². The van der Waals surface area contributed by atoms with Gasteiger partial charge in [0.15, 0.2) is 5.65 Å². The highest BCUT2D eigenvalue weighted by Gasteiger charge is 2.28. The molecule has 0 spiro atoms. The Morgan fingerprint density at radius 2 is 2.12 bits per heavy atom. The second-order valence-corrected chi connectivity index (χ2v) is 6.50. The van der Waals surface area contributed by atoms with Crippen molar-refractivity contribution in [1.82, 2.24) is 19.5 Å². The van der Waals surface area contributed by atoms with Crippen molar-refractivity contribution in [2.24, 2.45) is 0 Å². The van der Waals surface area contributed by atoms with Gasteiger partial charge in [-0.05, 0) is 38.0 Å². The quantitative estimate of drug-likeness (QED) is 0.721. The summed E-state index contributed by atoms with van der Waals surface area (Å²) in [6, 6.07) is 10.1. The monoisotopic (exact) mass is 338 g/mol. The number of piperidine rings is 1. The van der Waals surface area contributed by atoms with E-state index in [1.165, 1.54) is 6.07 Å². The van der Waals surface area contributed by atoms with Crippen LogP contribution < -0.4 is 0 Å². The van der Waals surface area contributed by atoms with Gasteiger partial charge in [-0.3, -0.25) is 4.79 Å². The van der Waals surface area contributed by atoms with Crippen molar-refractivity contribution in [3.05, 3.63) is 65.4 Å². The smallest absolute Gasteiger partial charge is 0.256 e. The van der Waals surface area contributed by atoms with Gasteiger partial charge < -0.3 is 4.90 Å². The van der Waals surface area contributed by atoms with Crippen LogP contribution in [0.5, 0.6) is 0 Å². The molecule has 0 radical (unpaired) electrons. The number of aromatic nitrogens is 3. The van der Waals surface area contributed by atoms with Crippen LogP contribution in [-0.4, -0.2) is 38.5 Å². The maximum atomic E-state index is 14.0. The van der Waals surface area contributed by atoms with E-state index in [4.69, 9.17) is 0 Å². The first-order valence-corrected chi connectivity index (χ1v) is 8.48. The number of hydrogen-bond donors (Lipinski definition) is 0. The maximum Gasteiger partial charge on any atom is 0.256 e. The Kier molecular flexibility index (Phi) is 3.95. The first kappa shape index (κ1) is 15.7. The van der Waals surface area contributed by atoms with Gasteiger partial charge in [-0.25, -0.2) is 13.9 Å². The average Bonchev–Trinajstić information content (AvgIpc) is 3.02. The number of halogens is 1. The lowest BCUT2D eigenvalue weighted by Gasteiger charge is -2.33. The fraction of sp³-hybridized carbons (Fsp3) is 0.316. The Balaban J connectivity index is 1.62. The lowest BCUT2D eigenvalue weighted by atomic mass is 9.94. The van der Waals surface area contributed by atoms with Crippen LogP contribution in [0, 0.1) is 12.7 Å². The number of amides is 1. The minimum Gasteiger partial charge on any atom is -0.338 e. The van der Waals surface area contributed by atoms with Crippen LogP contribution in [0.3, 0.4) is 0 Å². The summed E-state index contributed by atoms with van der Waals surface area (Å²) in [5, 5.41) is 4.52. The minimum atomic E-state index is -0.469. The van der Waals surface area contributed by atoms with Gasteiger partial charge in [0.1, 0.15) is 5.82 Å². The fourth-order valence-corrected chi connectivity index (χ4v) is 3.55. The number of likely N-dealkylation sites (tertiary alicyclic amines) is 1. The predicted molar refractivity (Wildman–Crippen MR) is 92.0 cm³/mol. The summed E-state index contributed by atoms with van der Waals surface area (Å²) in [6.07, 6.45) is 3.64. The number of hydrogen-bond acceptors (Lipinski definition) is 3. The molecule has 6 heteroatoms. The molecular formula is C19H19FN4O. The zero-order valence-electron chi connectivity index (χ0n) is 14.0. The van der Waals surface area contributed by atoms with E-state index >= 15 is 0 Å². The Bertz CT molecular complexity index is 936. The lowest BCUT2D eigenvalue weighted by Crippen LogP contribution is -2.40. The number of carbonyl (C=O) groups excluding carboxylic acids is 1. The van der Waals surface area contributed by atoms with E-state index in [0.717, 1.165) is 29.9 Å². The molecule has 0 bridgehead atoms. The van der Waals surface area contributed by atoms with E-state index in [1.807, 2.05) is 23.6 Å². The zero-order valence-corrected chi connectivity index (χ0v) is 14.0. The molecule has 0 saturated carbocycles. The second kappa shape index (κ2) is 6.27. The molecule has 1 atom stereocenters. The molecule has 25 heavy (non-hydrogen) atoms. The summed E-state index contributed by atoms with van der Waals surface area (Å²) in [4.78, 5) is 18.8. The van der Waals surface area contributed by atoms with Crippen molar-refractivity contribution >= 4 is 11.6 Å². The summed E-state index contributed by atoms with van der Waals surface area (Å²) in [6.45, 7) is 3.15. The average molecular weight is 338 g/mol. The maximum absolute atomic E-state index is 14.0. The van der Waals surface area contributed by atoms with Crippen molar-refractivity contribution in [3.63, 3.8) is 0 Å². The predicted octanol–water partition coefficient (Wildman–Crippen LogP) is 3.20. The van der Waals surface area contributed by atoms with E-state index in [1.54, 1.807) is 29.3 Å². The normalized spacial score (nSPS) is 17.8. The Morgan fingerprint density at radius 3 is 2.96 bits per heavy atom. The van der Waals surface area contributed by atoms with Gasteiger partial charge in [-0.2, -0.15) is 5.10 Å². The summed E-state index contributed by atoms with van der Waals surface area (Å²) in [5.74, 6) is -0.553. The lowest BCUT2D eigenvalue weighted by molar-refractivity contribution is 0.0700. The fourth-order valence-electron chi connectivity index (χ4n) is 3.55. The van der Waals surface area contributed by atoms with Gasteiger partial charge in [0.25, 0.3) is 5.91 Å². The van der Waals surface area contributed by atoms with E-state index < -0.39 is 5.82 Å². The van der Waals surface area contributed by atoms with E-state index in [9.17, 15) is 9.18 Å². The molecule has 1 fully saturated rings. The molecule has 0 N–H and O–H groups in total. The largest absolute Gasteiger partial charge is 0.338 e. The standard InChI is InChI=1S/C19H19FN4O/c1-13-11-18-21-9-8-17(24(18)22-13)14-5-4-10-23(12-14)19(25)15-6-2-3-7-16(15)20/h2-3,6-9,11,14H,4-5,10,12H2,1H3. The molecule has 2 aromatic heterocycles. The van der Waals surface area contributed by atoms with Crippen molar-refractivity contribution in [2.45, 2.75) is 25.7 Å². The van der Waals surface area contributed by atoms with Gasteiger partial charge in [0.05, 0.1) is 17.0 Å². The minimum absolute atomic E-state index is 0.137. The number of fused-ring (bicyclic) bond motifs is 1. The van der Waals surface area contributed by atoms with Gasteiger partial charge >= 0.3 is 0 Å². The molecule has 1 saturated heterocycles. The molecule has 1 aromatic carbocycles. The second-order valence-electron chi connectivity index (χ2n) is 6.50. The van der Waals surface area contributed by atoms with Crippen LogP contribution >= 0.6 is 0 Å². The topological polar surface area (TPSA) is 50.5 Å². The van der Waals surface area contributed by atoms with Crippen LogP contribution in [0.25, 0.3) is 5.65 Å². The van der Waals surface area contributed by atoms with E-state index in [-0.39, 0.29) is 17.4 Å². The van der Waals surface area contributed by atoms with Crippen molar-refractivity contribution < 1.29 is 9.18 Å². The number of aryl methyl sites for hydroxylation is 1. The molecule has 1 aliphatic heterocycles. The molecule has 5 nitrogen and oxygen atoms in total. The van der Waals surface area contributed by atoms with Gasteiger partial charge in [0.2, 0.25) is 0 Å². The van der Waals surface area contributed by atoms with E-state index in [2.05, 4.69) is 10.1 Å². The van der Waals surface area contributed by atoms with Crippen molar-refractivity contribution in [2.75, 3.05) is 13.1 Å². The first-order chi connectivity index (χ1) is 12.1. The molecule has 128 valence electrons. The molecule has 3 aromatic rings. The number of nitrogens with zero attached hydrogens (tertiary/aromatic N) is 4. The first-order valence-electron chi connectivity index (χ1n) is 8.48. The van der Waals surface area contributed by atoms with Crippen LogP contribution in [0.2, 0.25) is 0 Å². The highest BCUT2D eigenvalue weighted by molar-refractivity contribution is 5.94. The molecule has 1 unspecified atom stereocenters. The third-order valence-corrected chi connectivity index (χ3v) is 4.74. The SMILES string of the molecule is Cc1cc2nccc(C3CCCN(C(=O)c4ccccc4F)C3)n2n1. The van der Waals surface area contributed by atoms with Crippen LogP contribution in [0.1, 0.15) is 40.5 Å². The number of rotatable bonds is 2. The summed E-state index contributed by atoms with van der Waals surface area (Å²) in [7, 11) is 0. The van der Waals surface area contributed by atoms with Gasteiger partial charge in [-0.15, -0.1) is 0 Å². The highest BCUT2D eigenvalue weighted by Crippen LogP contribution is 2.28. The Hall–Kier alpha value is -2.76. The summed E-state index contributed by atoms with van der Waals surface area (Å²) < 4.78 is 15.8. The van der Waals surface area contributed by atoms with Crippen molar-refractivity contribution in [3.8, 4) is 0 Å². The Morgan fingerprint density at radius 1 is 1.28 bits per heavy atom. The molecule has 1 aliphatic rings. The molecule has 0 aliphatic carbocycles. The highest BCUT2D eigenvalue weighted by atomic mass is 19.1. The van der Waals surface area contributed by atoms with Crippen LogP contribution in [0.4, 0.5) is 4.39 Å². The number of benzene rings is 1. The molecule has 4 rings (SSSR count).